The van der Waals surface area contributed by atoms with Crippen molar-refractivity contribution in [1.82, 2.24) is 0 Å². The monoisotopic (exact) mass is 245 g/mol. The van der Waals surface area contributed by atoms with Crippen molar-refractivity contribution < 1.29 is 18.3 Å². The van der Waals surface area contributed by atoms with Gasteiger partial charge in [0.2, 0.25) is 0 Å². The van der Waals surface area contributed by atoms with E-state index < -0.39 is 12.5 Å². The summed E-state index contributed by atoms with van der Waals surface area (Å²) < 4.78 is 35.2. The molecule has 5 heteroatoms. The maximum absolute atomic E-state index is 12.4. The smallest absolute Gasteiger partial charge is 0.258 e. The molecule has 0 aliphatic rings. The highest BCUT2D eigenvalue weighted by molar-refractivity contribution is 5.55. The second-order valence-electron chi connectivity index (χ2n) is 3.57. The summed E-state index contributed by atoms with van der Waals surface area (Å²) >= 11 is 0. The third-order valence-electron chi connectivity index (χ3n) is 2.24. The van der Waals surface area contributed by atoms with Crippen molar-refractivity contribution in [2.24, 2.45) is 0 Å². The molecule has 0 heterocycles. The van der Waals surface area contributed by atoms with Gasteiger partial charge in [-0.3, -0.25) is 0 Å². The van der Waals surface area contributed by atoms with Gasteiger partial charge >= 0.3 is 0 Å². The lowest BCUT2D eigenvalue weighted by molar-refractivity contribution is 0.130. The topological polar surface area (TPSA) is 30.5 Å². The van der Waals surface area contributed by atoms with Gasteiger partial charge in [-0.15, -0.1) is 0 Å². The van der Waals surface area contributed by atoms with E-state index in [2.05, 4.69) is 5.32 Å². The molecule has 17 heavy (non-hydrogen) atoms. The second-order valence-corrected chi connectivity index (χ2v) is 3.57. The number of halogens is 2. The minimum absolute atomic E-state index is 0.490. The zero-order chi connectivity index (χ0) is 12.8. The Kier molecular flexibility index (Phi) is 5.00. The fraction of sp³-hybridized carbons (Fsp3) is 0.500. The average molecular weight is 245 g/mol. The van der Waals surface area contributed by atoms with Gasteiger partial charge in [0.15, 0.2) is 11.5 Å². The highest BCUT2D eigenvalue weighted by Crippen LogP contribution is 2.30. The van der Waals surface area contributed by atoms with Gasteiger partial charge in [-0.2, -0.15) is 0 Å². The molecular formula is C12H17F2NO2. The number of hydrogen-bond donors (Lipinski definition) is 1. The van der Waals surface area contributed by atoms with Crippen LogP contribution in [0.4, 0.5) is 14.5 Å². The lowest BCUT2D eigenvalue weighted by Gasteiger charge is -2.16. The highest BCUT2D eigenvalue weighted by atomic mass is 19.3. The van der Waals surface area contributed by atoms with Crippen molar-refractivity contribution in [3.05, 3.63) is 18.2 Å². The number of nitrogens with one attached hydrogen (secondary N) is 1. The summed E-state index contributed by atoms with van der Waals surface area (Å²) in [5.74, 6) is 1.13. The van der Waals surface area contributed by atoms with Crippen molar-refractivity contribution in [2.45, 2.75) is 26.3 Å². The van der Waals surface area contributed by atoms with Crippen molar-refractivity contribution in [3.63, 3.8) is 0 Å². The molecule has 1 atom stereocenters. The molecule has 1 unspecified atom stereocenters. The van der Waals surface area contributed by atoms with Crippen molar-refractivity contribution in [2.75, 3.05) is 19.0 Å². The van der Waals surface area contributed by atoms with Crippen LogP contribution in [-0.4, -0.2) is 26.2 Å². The van der Waals surface area contributed by atoms with Crippen LogP contribution in [0.1, 0.15) is 13.8 Å². The van der Waals surface area contributed by atoms with E-state index in [0.717, 1.165) is 0 Å². The summed E-state index contributed by atoms with van der Waals surface area (Å²) in [7, 11) is 1.53. The zero-order valence-electron chi connectivity index (χ0n) is 10.2. The third-order valence-corrected chi connectivity index (χ3v) is 2.24. The highest BCUT2D eigenvalue weighted by Gasteiger charge is 2.14. The van der Waals surface area contributed by atoms with E-state index in [1.807, 2.05) is 6.92 Å². The van der Waals surface area contributed by atoms with Crippen LogP contribution < -0.4 is 14.8 Å². The molecule has 3 nitrogen and oxygen atoms in total. The molecule has 0 aromatic heterocycles. The largest absolute Gasteiger partial charge is 0.493 e. The van der Waals surface area contributed by atoms with E-state index >= 15 is 0 Å². The number of alkyl halides is 2. The van der Waals surface area contributed by atoms with Gasteiger partial charge < -0.3 is 14.8 Å². The van der Waals surface area contributed by atoms with E-state index in [9.17, 15) is 8.78 Å². The SMILES string of the molecule is CCOc1cc(NC(C)C(F)F)ccc1OC. The van der Waals surface area contributed by atoms with Gasteiger partial charge in [-0.1, -0.05) is 0 Å². The van der Waals surface area contributed by atoms with Crippen LogP contribution in [0.3, 0.4) is 0 Å². The standard InChI is InChI=1S/C12H17F2NO2/c1-4-17-11-7-9(5-6-10(11)16-3)15-8(2)12(13)14/h5-8,12,15H,4H2,1-3H3. The van der Waals surface area contributed by atoms with E-state index in [0.29, 0.717) is 23.8 Å². The molecule has 0 saturated carbocycles. The van der Waals surface area contributed by atoms with E-state index in [1.165, 1.54) is 14.0 Å². The molecule has 1 aromatic carbocycles. The Bertz CT molecular complexity index is 358. The summed E-state index contributed by atoms with van der Waals surface area (Å²) in [6.45, 7) is 3.76. The fourth-order valence-corrected chi connectivity index (χ4v) is 1.36. The number of ether oxygens (including phenoxy) is 2. The summed E-state index contributed by atoms with van der Waals surface area (Å²) in [6, 6.07) is 4.12. The number of anilines is 1. The third kappa shape index (κ3) is 3.76. The Balaban J connectivity index is 2.84. The Labute approximate surface area is 99.7 Å². The first-order chi connectivity index (χ1) is 8.08. The minimum Gasteiger partial charge on any atom is -0.493 e. The average Bonchev–Trinajstić information content (AvgIpc) is 2.29. The van der Waals surface area contributed by atoms with Crippen LogP contribution in [-0.2, 0) is 0 Å². The second kappa shape index (κ2) is 6.27. The molecule has 1 N–H and O–H groups in total. The molecule has 1 rings (SSSR count). The number of benzene rings is 1. The number of methoxy groups -OCH3 is 1. The van der Waals surface area contributed by atoms with Crippen LogP contribution in [0.15, 0.2) is 18.2 Å². The lowest BCUT2D eigenvalue weighted by Crippen LogP contribution is -2.23. The minimum atomic E-state index is -2.41. The van der Waals surface area contributed by atoms with Gasteiger partial charge in [-0.25, -0.2) is 8.78 Å². The van der Waals surface area contributed by atoms with Crippen LogP contribution >= 0.6 is 0 Å². The van der Waals surface area contributed by atoms with Crippen molar-refractivity contribution in [1.29, 1.82) is 0 Å². The van der Waals surface area contributed by atoms with Crippen LogP contribution in [0.2, 0.25) is 0 Å². The van der Waals surface area contributed by atoms with Gasteiger partial charge in [-0.05, 0) is 26.0 Å². The molecule has 1 aromatic rings. The van der Waals surface area contributed by atoms with Gasteiger partial charge in [0.1, 0.15) is 0 Å². The molecular weight excluding hydrogens is 228 g/mol. The molecule has 0 bridgehead atoms. The van der Waals surface area contributed by atoms with Crippen LogP contribution in [0.25, 0.3) is 0 Å². The van der Waals surface area contributed by atoms with Crippen molar-refractivity contribution >= 4 is 5.69 Å². The Morgan fingerprint density at radius 3 is 2.53 bits per heavy atom. The van der Waals surface area contributed by atoms with E-state index in [-0.39, 0.29) is 0 Å². The summed E-state index contributed by atoms with van der Waals surface area (Å²) in [5.41, 5.74) is 0.585. The Hall–Kier alpha value is -1.52. The van der Waals surface area contributed by atoms with Gasteiger partial charge in [0.05, 0.1) is 19.8 Å². The molecule has 0 spiro atoms. The number of hydrogen-bond acceptors (Lipinski definition) is 3. The summed E-state index contributed by atoms with van der Waals surface area (Å²) in [4.78, 5) is 0. The van der Waals surface area contributed by atoms with Gasteiger partial charge in [0.25, 0.3) is 6.43 Å². The normalized spacial score (nSPS) is 12.4. The first-order valence-corrected chi connectivity index (χ1v) is 5.44. The predicted octanol–water partition coefficient (Wildman–Crippen LogP) is 3.16. The van der Waals surface area contributed by atoms with Crippen molar-refractivity contribution in [3.8, 4) is 11.5 Å². The first-order valence-electron chi connectivity index (χ1n) is 5.44. The van der Waals surface area contributed by atoms with E-state index in [4.69, 9.17) is 9.47 Å². The molecule has 0 aliphatic heterocycles. The maximum atomic E-state index is 12.4. The zero-order valence-corrected chi connectivity index (χ0v) is 10.2. The van der Waals surface area contributed by atoms with Crippen LogP contribution in [0, 0.1) is 0 Å². The first kappa shape index (κ1) is 13.5. The van der Waals surface area contributed by atoms with Crippen LogP contribution in [0.5, 0.6) is 11.5 Å². The molecule has 0 saturated heterocycles. The lowest BCUT2D eigenvalue weighted by atomic mass is 10.2. The quantitative estimate of drug-likeness (QED) is 0.835. The van der Waals surface area contributed by atoms with Gasteiger partial charge in [0, 0.05) is 11.8 Å². The molecule has 0 amide bonds. The Morgan fingerprint density at radius 2 is 2.00 bits per heavy atom. The molecule has 96 valence electrons. The Morgan fingerprint density at radius 1 is 1.29 bits per heavy atom. The van der Waals surface area contributed by atoms with E-state index in [1.54, 1.807) is 18.2 Å². The summed E-state index contributed by atoms with van der Waals surface area (Å²) in [5, 5.41) is 2.71. The molecule has 0 fully saturated rings. The fourth-order valence-electron chi connectivity index (χ4n) is 1.36. The molecule has 0 aliphatic carbocycles. The molecule has 0 radical (unpaired) electrons. The maximum Gasteiger partial charge on any atom is 0.258 e. The number of rotatable bonds is 6. The summed E-state index contributed by atoms with van der Waals surface area (Å²) in [6.07, 6.45) is -2.41. The predicted molar refractivity (Wildman–Crippen MR) is 63.3 cm³/mol.